The third-order valence-corrected chi connectivity index (χ3v) is 3.87. The van der Waals surface area contributed by atoms with Gasteiger partial charge in [-0.1, -0.05) is 48.0 Å². The summed E-state index contributed by atoms with van der Waals surface area (Å²) in [5, 5.41) is 4.88. The average Bonchev–Trinajstić information content (AvgIpc) is 2.88. The first kappa shape index (κ1) is 15.3. The predicted octanol–water partition coefficient (Wildman–Crippen LogP) is 4.19. The summed E-state index contributed by atoms with van der Waals surface area (Å²) in [4.78, 5) is 12.0. The number of para-hydroxylation sites is 1. The van der Waals surface area contributed by atoms with Crippen molar-refractivity contribution in [3.63, 3.8) is 0 Å². The van der Waals surface area contributed by atoms with E-state index in [2.05, 4.69) is 5.10 Å². The second-order valence-electron chi connectivity index (χ2n) is 5.04. The number of aromatic nitrogens is 2. The summed E-state index contributed by atoms with van der Waals surface area (Å²) in [6.07, 6.45) is 0. The fourth-order valence-corrected chi connectivity index (χ4v) is 2.56. The zero-order valence-corrected chi connectivity index (χ0v) is 13.3. The van der Waals surface area contributed by atoms with Crippen LogP contribution in [0.5, 0.6) is 0 Å². The van der Waals surface area contributed by atoms with E-state index in [0.717, 1.165) is 11.4 Å². The van der Waals surface area contributed by atoms with E-state index in [4.69, 9.17) is 16.3 Å². The molecule has 23 heavy (non-hydrogen) atoms. The molecule has 3 rings (SSSR count). The van der Waals surface area contributed by atoms with Gasteiger partial charge in [0.25, 0.3) is 0 Å². The van der Waals surface area contributed by atoms with Gasteiger partial charge in [-0.3, -0.25) is 0 Å². The number of nitrogens with zero attached hydrogens (tertiary/aromatic N) is 2. The van der Waals surface area contributed by atoms with Gasteiger partial charge < -0.3 is 4.74 Å². The number of aryl methyl sites for hydroxylation is 1. The monoisotopic (exact) mass is 326 g/mol. The number of carbonyl (C=O) groups is 1. The molecular weight excluding hydrogens is 312 g/mol. The molecule has 2 aromatic carbocycles. The van der Waals surface area contributed by atoms with Gasteiger partial charge in [0.05, 0.1) is 16.9 Å². The molecule has 1 aromatic heterocycles. The Balaban J connectivity index is 1.79. The van der Waals surface area contributed by atoms with Crippen molar-refractivity contribution >= 4 is 17.6 Å². The summed E-state index contributed by atoms with van der Waals surface area (Å²) in [5.74, 6) is -0.381. The Bertz CT molecular complexity index is 814. The highest BCUT2D eigenvalue weighted by molar-refractivity contribution is 6.30. The second kappa shape index (κ2) is 6.67. The van der Waals surface area contributed by atoms with Crippen LogP contribution in [0.1, 0.15) is 21.6 Å². The van der Waals surface area contributed by atoms with E-state index in [9.17, 15) is 4.79 Å². The lowest BCUT2D eigenvalue weighted by Crippen LogP contribution is -2.05. The zero-order valence-electron chi connectivity index (χ0n) is 12.6. The number of esters is 1. The molecule has 0 aliphatic heterocycles. The molecule has 0 saturated carbocycles. The zero-order chi connectivity index (χ0) is 16.2. The van der Waals surface area contributed by atoms with Crippen molar-refractivity contribution < 1.29 is 9.53 Å². The molecule has 1 heterocycles. The summed E-state index contributed by atoms with van der Waals surface area (Å²) in [7, 11) is 0. The van der Waals surface area contributed by atoms with Crippen LogP contribution in [-0.4, -0.2) is 15.7 Å². The van der Waals surface area contributed by atoms with Crippen LogP contribution in [0, 0.1) is 6.92 Å². The van der Waals surface area contributed by atoms with E-state index in [0.29, 0.717) is 16.3 Å². The lowest BCUT2D eigenvalue weighted by atomic mass is 10.2. The predicted molar refractivity (Wildman–Crippen MR) is 88.9 cm³/mol. The van der Waals surface area contributed by atoms with Gasteiger partial charge in [0, 0.05) is 5.56 Å². The maximum absolute atomic E-state index is 12.0. The Morgan fingerprint density at radius 1 is 1.09 bits per heavy atom. The quantitative estimate of drug-likeness (QED) is 0.675. The van der Waals surface area contributed by atoms with Crippen LogP contribution in [0.15, 0.2) is 60.7 Å². The van der Waals surface area contributed by atoms with E-state index in [1.807, 2.05) is 43.3 Å². The topological polar surface area (TPSA) is 44.1 Å². The number of benzene rings is 2. The molecule has 0 bridgehead atoms. The maximum Gasteiger partial charge on any atom is 0.338 e. The van der Waals surface area contributed by atoms with Gasteiger partial charge in [0.1, 0.15) is 11.8 Å². The Morgan fingerprint density at radius 3 is 2.35 bits per heavy atom. The van der Waals surface area contributed by atoms with Gasteiger partial charge in [0.15, 0.2) is 0 Å². The van der Waals surface area contributed by atoms with Crippen LogP contribution in [0.4, 0.5) is 0 Å². The largest absolute Gasteiger partial charge is 0.457 e. The van der Waals surface area contributed by atoms with Crippen molar-refractivity contribution in [2.24, 2.45) is 0 Å². The average molecular weight is 327 g/mol. The van der Waals surface area contributed by atoms with E-state index in [1.165, 1.54) is 0 Å². The third-order valence-electron chi connectivity index (χ3n) is 3.48. The molecule has 0 fully saturated rings. The minimum absolute atomic E-state index is 0.0885. The highest BCUT2D eigenvalue weighted by Crippen LogP contribution is 2.24. The highest BCUT2D eigenvalue weighted by atomic mass is 35.5. The van der Waals surface area contributed by atoms with Crippen LogP contribution in [0.2, 0.25) is 5.15 Å². The molecule has 0 aliphatic carbocycles. The van der Waals surface area contributed by atoms with Crippen molar-refractivity contribution in [1.29, 1.82) is 0 Å². The maximum atomic E-state index is 12.0. The van der Waals surface area contributed by atoms with E-state index in [1.54, 1.807) is 28.9 Å². The van der Waals surface area contributed by atoms with Crippen LogP contribution in [0.25, 0.3) is 5.69 Å². The van der Waals surface area contributed by atoms with Crippen molar-refractivity contribution in [3.8, 4) is 5.69 Å². The van der Waals surface area contributed by atoms with Gasteiger partial charge >= 0.3 is 5.97 Å². The summed E-state index contributed by atoms with van der Waals surface area (Å²) >= 11 is 6.40. The van der Waals surface area contributed by atoms with Crippen molar-refractivity contribution in [3.05, 3.63) is 82.6 Å². The smallest absolute Gasteiger partial charge is 0.338 e. The molecule has 0 aliphatic rings. The molecular formula is C18H15ClN2O2. The lowest BCUT2D eigenvalue weighted by molar-refractivity contribution is 0.0472. The van der Waals surface area contributed by atoms with Crippen molar-refractivity contribution in [1.82, 2.24) is 9.78 Å². The number of rotatable bonds is 4. The van der Waals surface area contributed by atoms with Gasteiger partial charge in [0.2, 0.25) is 0 Å². The van der Waals surface area contributed by atoms with E-state index >= 15 is 0 Å². The standard InChI is InChI=1S/C18H15ClN2O2/c1-13-16(12-23-18(22)14-8-4-2-5-9-14)17(19)21(20-13)15-10-6-3-7-11-15/h2-11H,12H2,1H3. The van der Waals surface area contributed by atoms with Crippen LogP contribution >= 0.6 is 11.6 Å². The lowest BCUT2D eigenvalue weighted by Gasteiger charge is -2.05. The highest BCUT2D eigenvalue weighted by Gasteiger charge is 2.16. The Hall–Kier alpha value is -2.59. The Labute approximate surface area is 139 Å². The van der Waals surface area contributed by atoms with Gasteiger partial charge in [-0.05, 0) is 31.2 Å². The molecule has 116 valence electrons. The molecule has 5 heteroatoms. The number of hydrogen-bond acceptors (Lipinski definition) is 3. The van der Waals surface area contributed by atoms with Gasteiger partial charge in [-0.2, -0.15) is 5.10 Å². The second-order valence-corrected chi connectivity index (χ2v) is 5.40. The normalized spacial score (nSPS) is 10.5. The van der Waals surface area contributed by atoms with Crippen molar-refractivity contribution in [2.75, 3.05) is 0 Å². The SMILES string of the molecule is Cc1nn(-c2ccccc2)c(Cl)c1COC(=O)c1ccccc1. The van der Waals surface area contributed by atoms with E-state index in [-0.39, 0.29) is 12.6 Å². The molecule has 0 atom stereocenters. The molecule has 0 N–H and O–H groups in total. The van der Waals surface area contributed by atoms with E-state index < -0.39 is 0 Å². The number of carbonyl (C=O) groups excluding carboxylic acids is 1. The first-order valence-electron chi connectivity index (χ1n) is 7.18. The first-order chi connectivity index (χ1) is 11.2. The molecule has 0 unspecified atom stereocenters. The summed E-state index contributed by atoms with van der Waals surface area (Å²) in [6.45, 7) is 1.93. The summed E-state index contributed by atoms with van der Waals surface area (Å²) < 4.78 is 6.99. The molecule has 0 amide bonds. The Morgan fingerprint density at radius 2 is 1.70 bits per heavy atom. The minimum Gasteiger partial charge on any atom is -0.457 e. The molecule has 4 nitrogen and oxygen atoms in total. The van der Waals surface area contributed by atoms with Crippen LogP contribution in [-0.2, 0) is 11.3 Å². The third kappa shape index (κ3) is 3.27. The number of halogens is 1. The fourth-order valence-electron chi connectivity index (χ4n) is 2.23. The summed E-state index contributed by atoms with van der Waals surface area (Å²) in [6, 6.07) is 18.4. The molecule has 0 saturated heterocycles. The van der Waals surface area contributed by atoms with Crippen molar-refractivity contribution in [2.45, 2.75) is 13.5 Å². The van der Waals surface area contributed by atoms with Crippen LogP contribution in [0.3, 0.4) is 0 Å². The fraction of sp³-hybridized carbons (Fsp3) is 0.111. The van der Waals surface area contributed by atoms with Crippen LogP contribution < -0.4 is 0 Å². The molecule has 0 radical (unpaired) electrons. The van der Waals surface area contributed by atoms with Gasteiger partial charge in [-0.15, -0.1) is 0 Å². The summed E-state index contributed by atoms with van der Waals surface area (Å²) in [5.41, 5.74) is 2.82. The molecule has 3 aromatic rings. The Kier molecular flexibility index (Phi) is 4.44. The number of ether oxygens (including phenoxy) is 1. The molecule has 0 spiro atoms. The number of hydrogen-bond donors (Lipinski definition) is 0. The first-order valence-corrected chi connectivity index (χ1v) is 7.56. The van der Waals surface area contributed by atoms with Gasteiger partial charge in [-0.25, -0.2) is 9.48 Å². The minimum atomic E-state index is -0.381.